The van der Waals surface area contributed by atoms with Crippen molar-refractivity contribution in [2.75, 3.05) is 0 Å². The highest BCUT2D eigenvalue weighted by Crippen LogP contribution is 2.22. The predicted molar refractivity (Wildman–Crippen MR) is 90.9 cm³/mol. The number of carbonyl (C=O) groups excluding carboxylic acids is 1. The molecule has 0 bridgehead atoms. The van der Waals surface area contributed by atoms with E-state index in [1.165, 1.54) is 18.2 Å². The van der Waals surface area contributed by atoms with E-state index in [9.17, 15) is 14.9 Å². The second-order valence-electron chi connectivity index (χ2n) is 5.46. The van der Waals surface area contributed by atoms with Crippen LogP contribution in [-0.2, 0) is 11.3 Å². The fourth-order valence-electron chi connectivity index (χ4n) is 2.60. The first-order valence-corrected chi connectivity index (χ1v) is 7.45. The zero-order valence-electron chi connectivity index (χ0n) is 13.1. The maximum atomic E-state index is 12.2. The van der Waals surface area contributed by atoms with Gasteiger partial charge in [0, 0.05) is 11.6 Å². The van der Waals surface area contributed by atoms with Gasteiger partial charge in [0.2, 0.25) is 0 Å². The van der Waals surface area contributed by atoms with Crippen molar-refractivity contribution in [3.05, 3.63) is 87.5 Å². The molecule has 3 aromatic carbocycles. The number of nitro groups is 1. The molecule has 0 fully saturated rings. The molecule has 0 N–H and O–H groups in total. The van der Waals surface area contributed by atoms with Crippen molar-refractivity contribution in [2.45, 2.75) is 13.5 Å². The molecule has 120 valence electrons. The van der Waals surface area contributed by atoms with Crippen LogP contribution in [0.5, 0.6) is 0 Å². The molecule has 0 amide bonds. The molecule has 5 heteroatoms. The monoisotopic (exact) mass is 321 g/mol. The van der Waals surface area contributed by atoms with Crippen molar-refractivity contribution in [3.8, 4) is 0 Å². The molecule has 0 aliphatic rings. The summed E-state index contributed by atoms with van der Waals surface area (Å²) in [6.07, 6.45) is 0. The number of nitrogens with zero attached hydrogens (tertiary/aromatic N) is 1. The quantitative estimate of drug-likeness (QED) is 0.405. The Bertz CT molecular complexity index is 934. The second-order valence-corrected chi connectivity index (χ2v) is 5.46. The molecule has 0 atom stereocenters. The minimum absolute atomic E-state index is 0.0878. The fraction of sp³-hybridized carbons (Fsp3) is 0.105. The SMILES string of the molecule is Cc1c(C(=O)OCc2ccc3ccccc3c2)cccc1[N+](=O)[O-]. The molecule has 0 aliphatic carbocycles. The summed E-state index contributed by atoms with van der Waals surface area (Å²) in [5.74, 6) is -0.565. The molecule has 0 saturated carbocycles. The van der Waals surface area contributed by atoms with E-state index in [0.717, 1.165) is 16.3 Å². The summed E-state index contributed by atoms with van der Waals surface area (Å²) < 4.78 is 5.32. The Morgan fingerprint density at radius 1 is 1.04 bits per heavy atom. The number of hydrogen-bond acceptors (Lipinski definition) is 4. The van der Waals surface area contributed by atoms with E-state index in [2.05, 4.69) is 0 Å². The third-order valence-electron chi connectivity index (χ3n) is 3.91. The number of esters is 1. The van der Waals surface area contributed by atoms with Crippen LogP contribution in [0.2, 0.25) is 0 Å². The van der Waals surface area contributed by atoms with Gasteiger partial charge in [-0.15, -0.1) is 0 Å². The van der Waals surface area contributed by atoms with Crippen LogP contribution in [0.4, 0.5) is 5.69 Å². The van der Waals surface area contributed by atoms with E-state index < -0.39 is 10.9 Å². The second kappa shape index (κ2) is 6.50. The Balaban J connectivity index is 1.77. The number of fused-ring (bicyclic) bond motifs is 1. The summed E-state index contributed by atoms with van der Waals surface area (Å²) in [6.45, 7) is 1.66. The predicted octanol–water partition coefficient (Wildman–Crippen LogP) is 4.41. The molecular formula is C19H15NO4. The van der Waals surface area contributed by atoms with Gasteiger partial charge in [0.05, 0.1) is 10.5 Å². The first-order valence-electron chi connectivity index (χ1n) is 7.45. The van der Waals surface area contributed by atoms with Crippen molar-refractivity contribution in [2.24, 2.45) is 0 Å². The Kier molecular flexibility index (Phi) is 4.24. The van der Waals surface area contributed by atoms with Gasteiger partial charge in [-0.1, -0.05) is 42.5 Å². The molecule has 0 spiro atoms. The van der Waals surface area contributed by atoms with Gasteiger partial charge in [0.15, 0.2) is 0 Å². The molecular weight excluding hydrogens is 306 g/mol. The average Bonchev–Trinajstić information content (AvgIpc) is 2.59. The number of nitro benzene ring substituents is 1. The van der Waals surface area contributed by atoms with Crippen LogP contribution in [0, 0.1) is 17.0 Å². The van der Waals surface area contributed by atoms with Gasteiger partial charge in [-0.25, -0.2) is 4.79 Å². The van der Waals surface area contributed by atoms with Crippen LogP contribution in [0.3, 0.4) is 0 Å². The molecule has 0 aliphatic heterocycles. The smallest absolute Gasteiger partial charge is 0.338 e. The normalized spacial score (nSPS) is 10.5. The van der Waals surface area contributed by atoms with E-state index in [1.807, 2.05) is 42.5 Å². The zero-order valence-corrected chi connectivity index (χ0v) is 13.1. The summed E-state index contributed by atoms with van der Waals surface area (Å²) >= 11 is 0. The fourth-order valence-corrected chi connectivity index (χ4v) is 2.60. The van der Waals surface area contributed by atoms with E-state index in [1.54, 1.807) is 6.92 Å². The van der Waals surface area contributed by atoms with Crippen LogP contribution in [0.1, 0.15) is 21.5 Å². The van der Waals surface area contributed by atoms with Crippen LogP contribution in [0.25, 0.3) is 10.8 Å². The number of hydrogen-bond donors (Lipinski definition) is 0. The molecule has 24 heavy (non-hydrogen) atoms. The Hall–Kier alpha value is -3.21. The van der Waals surface area contributed by atoms with Crippen molar-refractivity contribution in [1.29, 1.82) is 0 Å². The first kappa shape index (κ1) is 15.7. The number of benzene rings is 3. The van der Waals surface area contributed by atoms with Gasteiger partial charge >= 0.3 is 5.97 Å². The lowest BCUT2D eigenvalue weighted by Gasteiger charge is -2.08. The number of carbonyl (C=O) groups is 1. The largest absolute Gasteiger partial charge is 0.457 e. The summed E-state index contributed by atoms with van der Waals surface area (Å²) in [5, 5.41) is 13.1. The Morgan fingerprint density at radius 2 is 1.79 bits per heavy atom. The molecule has 3 aromatic rings. The minimum Gasteiger partial charge on any atom is -0.457 e. The third-order valence-corrected chi connectivity index (χ3v) is 3.91. The van der Waals surface area contributed by atoms with E-state index in [-0.39, 0.29) is 17.9 Å². The maximum Gasteiger partial charge on any atom is 0.338 e. The Labute approximate surface area is 138 Å². The zero-order chi connectivity index (χ0) is 17.1. The topological polar surface area (TPSA) is 69.4 Å². The molecule has 3 rings (SSSR count). The van der Waals surface area contributed by atoms with E-state index in [4.69, 9.17) is 4.74 Å². The van der Waals surface area contributed by atoms with Crippen molar-refractivity contribution < 1.29 is 14.5 Å². The molecule has 0 heterocycles. The number of rotatable bonds is 4. The molecule has 0 saturated heterocycles. The van der Waals surface area contributed by atoms with Gasteiger partial charge in [-0.2, -0.15) is 0 Å². The van der Waals surface area contributed by atoms with Gasteiger partial charge in [0.25, 0.3) is 5.69 Å². The molecule has 5 nitrogen and oxygen atoms in total. The van der Waals surface area contributed by atoms with Gasteiger partial charge in [0.1, 0.15) is 6.61 Å². The van der Waals surface area contributed by atoms with Crippen LogP contribution >= 0.6 is 0 Å². The summed E-state index contributed by atoms with van der Waals surface area (Å²) in [4.78, 5) is 22.7. The van der Waals surface area contributed by atoms with Gasteiger partial charge in [-0.3, -0.25) is 10.1 Å². The Morgan fingerprint density at radius 3 is 2.54 bits per heavy atom. The van der Waals surface area contributed by atoms with Gasteiger partial charge in [-0.05, 0) is 35.4 Å². The van der Waals surface area contributed by atoms with Crippen molar-refractivity contribution >= 4 is 22.4 Å². The molecule has 0 unspecified atom stereocenters. The highest BCUT2D eigenvalue weighted by Gasteiger charge is 2.18. The van der Waals surface area contributed by atoms with Gasteiger partial charge < -0.3 is 4.74 Å². The summed E-state index contributed by atoms with van der Waals surface area (Å²) in [7, 11) is 0. The van der Waals surface area contributed by atoms with E-state index >= 15 is 0 Å². The highest BCUT2D eigenvalue weighted by molar-refractivity contribution is 5.92. The number of ether oxygens (including phenoxy) is 1. The average molecular weight is 321 g/mol. The standard InChI is InChI=1S/C19H15NO4/c1-13-17(7-4-8-18(13)20(22)23)19(21)24-12-14-9-10-15-5-2-3-6-16(15)11-14/h2-11H,12H2,1H3. The maximum absolute atomic E-state index is 12.2. The highest BCUT2D eigenvalue weighted by atomic mass is 16.6. The lowest BCUT2D eigenvalue weighted by Crippen LogP contribution is -2.08. The molecule has 0 radical (unpaired) electrons. The van der Waals surface area contributed by atoms with Crippen molar-refractivity contribution in [3.63, 3.8) is 0 Å². The minimum atomic E-state index is -0.565. The molecule has 0 aromatic heterocycles. The summed E-state index contributed by atoms with van der Waals surface area (Å²) in [6, 6.07) is 18.1. The van der Waals surface area contributed by atoms with E-state index in [0.29, 0.717) is 5.56 Å². The van der Waals surface area contributed by atoms with Crippen LogP contribution in [-0.4, -0.2) is 10.9 Å². The third kappa shape index (κ3) is 3.10. The lowest BCUT2D eigenvalue weighted by molar-refractivity contribution is -0.385. The summed E-state index contributed by atoms with van der Waals surface area (Å²) in [5.41, 5.74) is 1.30. The van der Waals surface area contributed by atoms with Crippen LogP contribution in [0.15, 0.2) is 60.7 Å². The van der Waals surface area contributed by atoms with Crippen LogP contribution < -0.4 is 0 Å². The first-order chi connectivity index (χ1) is 11.6. The van der Waals surface area contributed by atoms with Crippen molar-refractivity contribution in [1.82, 2.24) is 0 Å². The lowest BCUT2D eigenvalue weighted by atomic mass is 10.1.